The van der Waals surface area contributed by atoms with Gasteiger partial charge in [-0.05, 0) is 30.2 Å². The van der Waals surface area contributed by atoms with Crippen LogP contribution in [-0.4, -0.2) is 49.4 Å². The maximum absolute atomic E-state index is 13.5. The van der Waals surface area contributed by atoms with Crippen molar-refractivity contribution in [1.82, 2.24) is 9.80 Å². The van der Waals surface area contributed by atoms with Crippen molar-refractivity contribution < 1.29 is 19.1 Å². The van der Waals surface area contributed by atoms with E-state index in [-0.39, 0.29) is 24.3 Å². The van der Waals surface area contributed by atoms with Crippen molar-refractivity contribution in [3.8, 4) is 11.5 Å². The van der Waals surface area contributed by atoms with E-state index in [9.17, 15) is 9.59 Å². The zero-order chi connectivity index (χ0) is 22.4. The number of likely N-dealkylation sites (tertiary alicyclic amines) is 1. The zero-order valence-corrected chi connectivity index (χ0v) is 18.8. The van der Waals surface area contributed by atoms with E-state index in [0.29, 0.717) is 13.1 Å². The lowest BCUT2D eigenvalue weighted by molar-refractivity contribution is -0.135. The van der Waals surface area contributed by atoms with Gasteiger partial charge in [0.25, 0.3) is 0 Å². The Morgan fingerprint density at radius 3 is 2.45 bits per heavy atom. The topological polar surface area (TPSA) is 59.1 Å². The van der Waals surface area contributed by atoms with Crippen molar-refractivity contribution >= 4 is 11.8 Å². The summed E-state index contributed by atoms with van der Waals surface area (Å²) in [7, 11) is 5.04. The number of benzene rings is 2. The molecule has 1 aliphatic heterocycles. The lowest BCUT2D eigenvalue weighted by Gasteiger charge is -2.30. The van der Waals surface area contributed by atoms with Crippen LogP contribution in [-0.2, 0) is 16.1 Å². The van der Waals surface area contributed by atoms with Crippen LogP contribution in [0.4, 0.5) is 0 Å². The van der Waals surface area contributed by atoms with Gasteiger partial charge in [0, 0.05) is 32.1 Å². The summed E-state index contributed by atoms with van der Waals surface area (Å²) in [5.74, 6) is 1.10. The number of unbranched alkanes of at least 4 members (excludes halogenated alkanes) is 1. The smallest absolute Gasteiger partial charge is 0.228 e. The third-order valence-electron chi connectivity index (χ3n) is 5.94. The number of methoxy groups -OCH3 is 2. The highest BCUT2D eigenvalue weighted by molar-refractivity contribution is 5.90. The minimum atomic E-state index is -0.419. The molecule has 0 saturated carbocycles. The van der Waals surface area contributed by atoms with E-state index in [0.717, 1.165) is 35.5 Å². The fourth-order valence-electron chi connectivity index (χ4n) is 4.27. The number of ether oxygens (including phenoxy) is 2. The summed E-state index contributed by atoms with van der Waals surface area (Å²) in [6.07, 6.45) is 2.14. The molecular formula is C25H32N2O4. The van der Waals surface area contributed by atoms with Crippen LogP contribution in [0.15, 0.2) is 48.5 Å². The van der Waals surface area contributed by atoms with Gasteiger partial charge in [-0.25, -0.2) is 0 Å². The Morgan fingerprint density at radius 1 is 1.10 bits per heavy atom. The van der Waals surface area contributed by atoms with E-state index in [1.165, 1.54) is 0 Å². The summed E-state index contributed by atoms with van der Waals surface area (Å²) < 4.78 is 10.7. The molecule has 31 heavy (non-hydrogen) atoms. The Bertz CT molecular complexity index is 897. The van der Waals surface area contributed by atoms with Crippen molar-refractivity contribution in [2.75, 3.05) is 27.8 Å². The predicted octanol–water partition coefficient (Wildman–Crippen LogP) is 4.05. The molecule has 2 aromatic carbocycles. The van der Waals surface area contributed by atoms with Gasteiger partial charge < -0.3 is 19.3 Å². The highest BCUT2D eigenvalue weighted by atomic mass is 16.5. The van der Waals surface area contributed by atoms with Crippen molar-refractivity contribution in [3.05, 3.63) is 59.7 Å². The second-order valence-electron chi connectivity index (χ2n) is 7.98. The molecular weight excluding hydrogens is 392 g/mol. The van der Waals surface area contributed by atoms with Crippen molar-refractivity contribution in [1.29, 1.82) is 0 Å². The van der Waals surface area contributed by atoms with Crippen LogP contribution in [0.3, 0.4) is 0 Å². The molecule has 2 unspecified atom stereocenters. The molecule has 1 aliphatic rings. The van der Waals surface area contributed by atoms with Gasteiger partial charge in [0.15, 0.2) is 0 Å². The SMILES string of the molecule is CCCCN1C(=O)CC(C(=O)N(C)Cc2ccccc2OC)C1c1ccc(OC)cc1. The molecule has 0 spiro atoms. The van der Waals surface area contributed by atoms with Gasteiger partial charge in [-0.1, -0.05) is 43.7 Å². The van der Waals surface area contributed by atoms with Crippen molar-refractivity contribution in [2.24, 2.45) is 5.92 Å². The average Bonchev–Trinajstić information content (AvgIpc) is 3.13. The Morgan fingerprint density at radius 2 is 1.81 bits per heavy atom. The summed E-state index contributed by atoms with van der Waals surface area (Å²) >= 11 is 0. The molecule has 2 amide bonds. The summed E-state index contributed by atoms with van der Waals surface area (Å²) in [4.78, 5) is 30.0. The summed E-state index contributed by atoms with van der Waals surface area (Å²) in [6.45, 7) is 3.19. The second kappa shape index (κ2) is 10.3. The first kappa shape index (κ1) is 22.7. The van der Waals surface area contributed by atoms with E-state index < -0.39 is 5.92 Å². The predicted molar refractivity (Wildman–Crippen MR) is 120 cm³/mol. The lowest BCUT2D eigenvalue weighted by atomic mass is 9.92. The van der Waals surface area contributed by atoms with Crippen molar-refractivity contribution in [3.63, 3.8) is 0 Å². The molecule has 1 saturated heterocycles. The molecule has 2 aromatic rings. The minimum absolute atomic E-state index is 0.0286. The lowest BCUT2D eigenvalue weighted by Crippen LogP contribution is -2.37. The molecule has 0 radical (unpaired) electrons. The quantitative estimate of drug-likeness (QED) is 0.609. The molecule has 0 bridgehead atoms. The van der Waals surface area contributed by atoms with Gasteiger partial charge in [0.05, 0.1) is 26.2 Å². The number of para-hydroxylation sites is 1. The number of carbonyl (C=O) groups is 2. The number of hydrogen-bond donors (Lipinski definition) is 0. The normalized spacial score (nSPS) is 18.2. The highest BCUT2D eigenvalue weighted by Gasteiger charge is 2.45. The first-order valence-electron chi connectivity index (χ1n) is 10.8. The van der Waals surface area contributed by atoms with Crippen LogP contribution in [0.5, 0.6) is 11.5 Å². The third kappa shape index (κ3) is 5.01. The molecule has 0 aliphatic carbocycles. The summed E-state index contributed by atoms with van der Waals surface area (Å²) in [5.41, 5.74) is 1.90. The Balaban J connectivity index is 1.86. The summed E-state index contributed by atoms with van der Waals surface area (Å²) in [6, 6.07) is 15.1. The molecule has 0 aromatic heterocycles. The number of rotatable bonds is 9. The molecule has 6 nitrogen and oxygen atoms in total. The standard InChI is InChI=1S/C25H32N2O4/c1-5-6-15-27-23(28)16-21(24(27)18-11-13-20(30-3)14-12-18)25(29)26(2)17-19-9-7-8-10-22(19)31-4/h7-14,21,24H,5-6,15-17H2,1-4H3. The number of nitrogens with zero attached hydrogens (tertiary/aromatic N) is 2. The molecule has 3 rings (SSSR count). The Kier molecular flexibility index (Phi) is 7.55. The molecule has 0 N–H and O–H groups in total. The molecule has 6 heteroatoms. The average molecular weight is 425 g/mol. The van der Waals surface area contributed by atoms with Gasteiger partial charge >= 0.3 is 0 Å². The van der Waals surface area contributed by atoms with E-state index in [1.54, 1.807) is 26.2 Å². The molecule has 1 heterocycles. The number of amides is 2. The van der Waals surface area contributed by atoms with Crippen LogP contribution in [0.25, 0.3) is 0 Å². The fraction of sp³-hybridized carbons (Fsp3) is 0.440. The second-order valence-corrected chi connectivity index (χ2v) is 7.98. The maximum Gasteiger partial charge on any atom is 0.228 e. The van der Waals surface area contributed by atoms with E-state index in [4.69, 9.17) is 9.47 Å². The molecule has 2 atom stereocenters. The van der Waals surface area contributed by atoms with Gasteiger partial charge in [-0.3, -0.25) is 9.59 Å². The fourth-order valence-corrected chi connectivity index (χ4v) is 4.27. The number of carbonyl (C=O) groups excluding carboxylic acids is 2. The van der Waals surface area contributed by atoms with Gasteiger partial charge in [0.2, 0.25) is 11.8 Å². The van der Waals surface area contributed by atoms with E-state index in [1.807, 2.05) is 53.4 Å². The van der Waals surface area contributed by atoms with Gasteiger partial charge in [-0.15, -0.1) is 0 Å². The largest absolute Gasteiger partial charge is 0.497 e. The number of hydrogen-bond acceptors (Lipinski definition) is 4. The van der Waals surface area contributed by atoms with Gasteiger partial charge in [0.1, 0.15) is 11.5 Å². The van der Waals surface area contributed by atoms with Crippen molar-refractivity contribution in [2.45, 2.75) is 38.8 Å². The van der Waals surface area contributed by atoms with Crippen LogP contribution in [0.2, 0.25) is 0 Å². The highest BCUT2D eigenvalue weighted by Crippen LogP contribution is 2.40. The van der Waals surface area contributed by atoms with Crippen LogP contribution >= 0.6 is 0 Å². The minimum Gasteiger partial charge on any atom is -0.497 e. The molecule has 166 valence electrons. The zero-order valence-electron chi connectivity index (χ0n) is 18.8. The van der Waals surface area contributed by atoms with Crippen LogP contribution in [0.1, 0.15) is 43.4 Å². The first-order chi connectivity index (χ1) is 15.0. The maximum atomic E-state index is 13.5. The van der Waals surface area contributed by atoms with E-state index in [2.05, 4.69) is 6.92 Å². The third-order valence-corrected chi connectivity index (χ3v) is 5.94. The molecule has 1 fully saturated rings. The Hall–Kier alpha value is -3.02. The van der Waals surface area contributed by atoms with Crippen LogP contribution in [0, 0.1) is 5.92 Å². The van der Waals surface area contributed by atoms with Gasteiger partial charge in [-0.2, -0.15) is 0 Å². The first-order valence-corrected chi connectivity index (χ1v) is 10.8. The van der Waals surface area contributed by atoms with Crippen LogP contribution < -0.4 is 9.47 Å². The summed E-state index contributed by atoms with van der Waals surface area (Å²) in [5, 5.41) is 0. The monoisotopic (exact) mass is 424 g/mol. The van der Waals surface area contributed by atoms with E-state index >= 15 is 0 Å². The Labute approximate surface area is 184 Å².